The van der Waals surface area contributed by atoms with Gasteiger partial charge in [0.1, 0.15) is 6.61 Å². The molecule has 0 radical (unpaired) electrons. The third-order valence-electron chi connectivity index (χ3n) is 8.11. The molecular formula is C23H38N2O3. The number of ether oxygens (including phenoxy) is 2. The largest absolute Gasteiger partial charge is 0.381 e. The summed E-state index contributed by atoms with van der Waals surface area (Å²) in [6.07, 6.45) is 14.2. The zero-order valence-corrected chi connectivity index (χ0v) is 17.4. The Morgan fingerprint density at radius 2 is 1.50 bits per heavy atom. The molecule has 0 bridgehead atoms. The molecule has 158 valence electrons. The van der Waals surface area contributed by atoms with E-state index in [1.807, 2.05) is 0 Å². The molecule has 0 spiro atoms. The fraction of sp³-hybridized carbons (Fsp3) is 0.957. The highest BCUT2D eigenvalue weighted by atomic mass is 16.5. The molecule has 5 rings (SSSR count). The number of amides is 1. The summed E-state index contributed by atoms with van der Waals surface area (Å²) in [5.74, 6) is 1.92. The number of fused-ring (bicyclic) bond motifs is 1. The number of morpholine rings is 1. The van der Waals surface area contributed by atoms with Gasteiger partial charge in [-0.3, -0.25) is 4.79 Å². The van der Waals surface area contributed by atoms with Gasteiger partial charge in [-0.1, -0.05) is 0 Å². The summed E-state index contributed by atoms with van der Waals surface area (Å²) >= 11 is 0. The monoisotopic (exact) mass is 390 g/mol. The molecule has 5 nitrogen and oxygen atoms in total. The first-order valence-electron chi connectivity index (χ1n) is 12.0. The summed E-state index contributed by atoms with van der Waals surface area (Å²) in [5, 5.41) is 0. The summed E-state index contributed by atoms with van der Waals surface area (Å²) < 4.78 is 11.7. The normalized spacial score (nSPS) is 38.0. The molecule has 0 aromatic carbocycles. The van der Waals surface area contributed by atoms with Gasteiger partial charge in [0, 0.05) is 38.4 Å². The predicted octanol–water partition coefficient (Wildman–Crippen LogP) is 3.22. The molecule has 2 saturated heterocycles. The molecule has 5 aliphatic rings. The third kappa shape index (κ3) is 4.27. The van der Waals surface area contributed by atoms with Crippen LogP contribution in [0.5, 0.6) is 0 Å². The van der Waals surface area contributed by atoms with Crippen molar-refractivity contribution >= 4 is 5.91 Å². The van der Waals surface area contributed by atoms with Crippen molar-refractivity contribution in [2.75, 3.05) is 32.9 Å². The fourth-order valence-electron chi connectivity index (χ4n) is 6.22. The van der Waals surface area contributed by atoms with E-state index in [9.17, 15) is 4.79 Å². The first-order valence-corrected chi connectivity index (χ1v) is 12.0. The van der Waals surface area contributed by atoms with Crippen LogP contribution in [0.15, 0.2) is 0 Å². The predicted molar refractivity (Wildman–Crippen MR) is 108 cm³/mol. The lowest BCUT2D eigenvalue weighted by atomic mass is 9.84. The van der Waals surface area contributed by atoms with Crippen LogP contribution in [0.4, 0.5) is 0 Å². The second kappa shape index (κ2) is 8.61. The first kappa shape index (κ1) is 19.3. The van der Waals surface area contributed by atoms with E-state index in [0.717, 1.165) is 56.8 Å². The Morgan fingerprint density at radius 1 is 0.821 bits per heavy atom. The van der Waals surface area contributed by atoms with Crippen LogP contribution >= 0.6 is 0 Å². The molecular weight excluding hydrogens is 352 g/mol. The van der Waals surface area contributed by atoms with E-state index in [2.05, 4.69) is 9.80 Å². The summed E-state index contributed by atoms with van der Waals surface area (Å²) in [7, 11) is 0. The number of hydrogen-bond donors (Lipinski definition) is 0. The lowest BCUT2D eigenvalue weighted by molar-refractivity contribution is -0.160. The molecule has 5 fully saturated rings. The van der Waals surface area contributed by atoms with E-state index in [1.54, 1.807) is 0 Å². The van der Waals surface area contributed by atoms with Gasteiger partial charge in [-0.25, -0.2) is 0 Å². The van der Waals surface area contributed by atoms with Crippen molar-refractivity contribution in [1.82, 2.24) is 9.80 Å². The molecule has 2 aliphatic heterocycles. The molecule has 0 N–H and O–H groups in total. The number of nitrogens with zero attached hydrogens (tertiary/aromatic N) is 2. The number of hydrogen-bond acceptors (Lipinski definition) is 4. The zero-order chi connectivity index (χ0) is 18.9. The van der Waals surface area contributed by atoms with E-state index in [1.165, 1.54) is 58.0 Å². The first-order chi connectivity index (χ1) is 13.8. The quantitative estimate of drug-likeness (QED) is 0.698. The average Bonchev–Trinajstić information content (AvgIpc) is 3.43. The highest BCUT2D eigenvalue weighted by molar-refractivity contribution is 5.79. The van der Waals surface area contributed by atoms with Crippen molar-refractivity contribution in [2.24, 2.45) is 11.8 Å². The molecule has 3 saturated carbocycles. The number of rotatable bonds is 6. The van der Waals surface area contributed by atoms with Crippen LogP contribution < -0.4 is 0 Å². The van der Waals surface area contributed by atoms with Gasteiger partial charge in [0.25, 0.3) is 0 Å². The third-order valence-corrected chi connectivity index (χ3v) is 8.11. The molecule has 2 atom stereocenters. The van der Waals surface area contributed by atoms with Crippen LogP contribution in [0.1, 0.15) is 70.6 Å². The second-order valence-corrected chi connectivity index (χ2v) is 10.1. The second-order valence-electron chi connectivity index (χ2n) is 10.1. The van der Waals surface area contributed by atoms with Crippen molar-refractivity contribution in [3.63, 3.8) is 0 Å². The molecule has 2 unspecified atom stereocenters. The minimum absolute atomic E-state index is 0.244. The van der Waals surface area contributed by atoms with Crippen molar-refractivity contribution in [3.05, 3.63) is 0 Å². The molecule has 0 aromatic heterocycles. The number of carbonyl (C=O) groups excluding carboxylic acids is 1. The zero-order valence-electron chi connectivity index (χ0n) is 17.4. The van der Waals surface area contributed by atoms with Gasteiger partial charge in [-0.05, 0) is 82.5 Å². The van der Waals surface area contributed by atoms with Gasteiger partial charge in [0.15, 0.2) is 0 Å². The number of likely N-dealkylation sites (tertiary alicyclic amines) is 1. The van der Waals surface area contributed by atoms with Gasteiger partial charge in [-0.2, -0.15) is 0 Å². The number of carbonyl (C=O) groups is 1. The van der Waals surface area contributed by atoms with E-state index in [0.29, 0.717) is 24.8 Å². The van der Waals surface area contributed by atoms with Crippen molar-refractivity contribution in [2.45, 2.75) is 94.9 Å². The van der Waals surface area contributed by atoms with Crippen LogP contribution in [0.3, 0.4) is 0 Å². The van der Waals surface area contributed by atoms with Crippen LogP contribution in [0.2, 0.25) is 0 Å². The fourth-order valence-corrected chi connectivity index (χ4v) is 6.22. The number of piperidine rings is 1. The molecule has 1 amide bonds. The minimum atomic E-state index is 0.244. The Labute approximate surface area is 170 Å². The average molecular weight is 391 g/mol. The lowest BCUT2D eigenvalue weighted by Gasteiger charge is -2.47. The van der Waals surface area contributed by atoms with Gasteiger partial charge >= 0.3 is 0 Å². The van der Waals surface area contributed by atoms with E-state index in [4.69, 9.17) is 9.47 Å². The Bertz CT molecular complexity index is 536. The molecule has 28 heavy (non-hydrogen) atoms. The summed E-state index contributed by atoms with van der Waals surface area (Å²) in [5.41, 5.74) is 0. The topological polar surface area (TPSA) is 42.0 Å². The highest BCUT2D eigenvalue weighted by Gasteiger charge is 2.43. The highest BCUT2D eigenvalue weighted by Crippen LogP contribution is 2.35. The van der Waals surface area contributed by atoms with E-state index >= 15 is 0 Å². The van der Waals surface area contributed by atoms with Crippen LogP contribution in [0, 0.1) is 11.8 Å². The maximum atomic E-state index is 12.6. The molecule has 2 heterocycles. The lowest BCUT2D eigenvalue weighted by Crippen LogP contribution is -2.59. The van der Waals surface area contributed by atoms with E-state index in [-0.39, 0.29) is 5.91 Å². The van der Waals surface area contributed by atoms with Gasteiger partial charge in [-0.15, -0.1) is 0 Å². The summed E-state index contributed by atoms with van der Waals surface area (Å²) in [6, 6.07) is 1.58. The van der Waals surface area contributed by atoms with Gasteiger partial charge in [0.2, 0.25) is 5.91 Å². The molecule has 3 aliphatic carbocycles. The van der Waals surface area contributed by atoms with Crippen LogP contribution in [0.25, 0.3) is 0 Å². The van der Waals surface area contributed by atoms with E-state index < -0.39 is 0 Å². The van der Waals surface area contributed by atoms with Gasteiger partial charge < -0.3 is 19.3 Å². The molecule has 0 aromatic rings. The van der Waals surface area contributed by atoms with Crippen LogP contribution in [-0.4, -0.2) is 72.8 Å². The smallest absolute Gasteiger partial charge is 0.249 e. The Morgan fingerprint density at radius 3 is 2.18 bits per heavy atom. The Balaban J connectivity index is 1.06. The van der Waals surface area contributed by atoms with Crippen molar-refractivity contribution < 1.29 is 14.3 Å². The van der Waals surface area contributed by atoms with Crippen molar-refractivity contribution in [3.8, 4) is 0 Å². The summed E-state index contributed by atoms with van der Waals surface area (Å²) in [6.45, 7) is 4.65. The maximum absolute atomic E-state index is 12.6. The van der Waals surface area contributed by atoms with Crippen molar-refractivity contribution in [1.29, 1.82) is 0 Å². The standard InChI is InChI=1S/C23H38N2O3/c26-23-16-28-22-3-1-2-21(22)25(23)20-10-12-24(13-11-20)19-8-6-18(7-9-19)15-27-14-17-4-5-17/h17-22H,1-16H2/t18-,19-,21?,22?. The summed E-state index contributed by atoms with van der Waals surface area (Å²) in [4.78, 5) is 17.6. The Kier molecular flexibility index (Phi) is 5.94. The van der Waals surface area contributed by atoms with Crippen LogP contribution in [-0.2, 0) is 14.3 Å². The Hall–Kier alpha value is -0.650. The maximum Gasteiger partial charge on any atom is 0.249 e. The molecule has 5 heteroatoms. The van der Waals surface area contributed by atoms with Gasteiger partial charge in [0.05, 0.1) is 12.1 Å². The SMILES string of the molecule is O=C1COC2CCCC2N1C1CCN([C@H]2CC[C@H](COCC3CC3)CC2)CC1. The minimum Gasteiger partial charge on any atom is -0.381 e.